The van der Waals surface area contributed by atoms with E-state index < -0.39 is 0 Å². The third kappa shape index (κ3) is 4.22. The van der Waals surface area contributed by atoms with Gasteiger partial charge in [-0.15, -0.1) is 0 Å². The highest BCUT2D eigenvalue weighted by Gasteiger charge is 2.24. The maximum Gasteiger partial charge on any atom is 0.0597 e. The molecule has 1 saturated carbocycles. The smallest absolute Gasteiger partial charge is 0.0597 e. The lowest BCUT2D eigenvalue weighted by atomic mass is 10.1. The third-order valence-electron chi connectivity index (χ3n) is 4.45. The van der Waals surface area contributed by atoms with Crippen LogP contribution in [0.1, 0.15) is 52.4 Å². The Morgan fingerprint density at radius 2 is 2.06 bits per heavy atom. The first-order chi connectivity index (χ1) is 8.79. The number of nitrogens with zero attached hydrogens (tertiary/aromatic N) is 1. The van der Waals surface area contributed by atoms with Crippen LogP contribution in [0.5, 0.6) is 0 Å². The Bertz CT molecular complexity index is 229. The summed E-state index contributed by atoms with van der Waals surface area (Å²) in [5.41, 5.74) is 0. The summed E-state index contributed by atoms with van der Waals surface area (Å²) < 4.78 is 5.99. The Kier molecular flexibility index (Phi) is 5.93. The lowest BCUT2D eigenvalue weighted by molar-refractivity contribution is 0.0259. The highest BCUT2D eigenvalue weighted by atomic mass is 16.5. The van der Waals surface area contributed by atoms with Crippen molar-refractivity contribution in [2.75, 3.05) is 26.2 Å². The molecule has 0 aromatic heterocycles. The van der Waals surface area contributed by atoms with Crippen LogP contribution in [0, 0.1) is 0 Å². The van der Waals surface area contributed by atoms with Gasteiger partial charge in [-0.1, -0.05) is 26.2 Å². The van der Waals surface area contributed by atoms with Gasteiger partial charge < -0.3 is 10.1 Å². The zero-order valence-corrected chi connectivity index (χ0v) is 12.2. The first kappa shape index (κ1) is 14.3. The quantitative estimate of drug-likeness (QED) is 0.788. The van der Waals surface area contributed by atoms with Gasteiger partial charge in [0.2, 0.25) is 0 Å². The Labute approximate surface area is 112 Å². The van der Waals surface area contributed by atoms with E-state index in [1.54, 1.807) is 0 Å². The van der Waals surface area contributed by atoms with Crippen molar-refractivity contribution >= 4 is 0 Å². The van der Waals surface area contributed by atoms with Crippen molar-refractivity contribution in [3.8, 4) is 0 Å². The molecule has 2 atom stereocenters. The van der Waals surface area contributed by atoms with Gasteiger partial charge in [0.05, 0.1) is 12.7 Å². The van der Waals surface area contributed by atoms with Crippen molar-refractivity contribution in [3.05, 3.63) is 0 Å². The van der Waals surface area contributed by atoms with E-state index >= 15 is 0 Å². The third-order valence-corrected chi connectivity index (χ3v) is 4.45. The van der Waals surface area contributed by atoms with E-state index in [9.17, 15) is 0 Å². The summed E-state index contributed by atoms with van der Waals surface area (Å²) in [6.07, 6.45) is 8.45. The topological polar surface area (TPSA) is 24.5 Å². The molecular weight excluding hydrogens is 224 g/mol. The van der Waals surface area contributed by atoms with Crippen molar-refractivity contribution in [2.45, 2.75) is 70.6 Å². The number of hydrogen-bond acceptors (Lipinski definition) is 3. The SMILES string of the molecule is CCCC1CN(CCOC2CCCC2)C(C)CN1. The Morgan fingerprint density at radius 1 is 1.28 bits per heavy atom. The van der Waals surface area contributed by atoms with Crippen LogP contribution in [0.15, 0.2) is 0 Å². The van der Waals surface area contributed by atoms with Gasteiger partial charge in [0.25, 0.3) is 0 Å². The van der Waals surface area contributed by atoms with E-state index in [1.807, 2.05) is 0 Å². The molecule has 1 N–H and O–H groups in total. The average Bonchev–Trinajstić information content (AvgIpc) is 2.86. The van der Waals surface area contributed by atoms with Gasteiger partial charge in [-0.3, -0.25) is 4.90 Å². The second-order valence-electron chi connectivity index (χ2n) is 6.02. The minimum atomic E-state index is 0.565. The van der Waals surface area contributed by atoms with Gasteiger partial charge in [0.15, 0.2) is 0 Å². The molecule has 1 heterocycles. The second-order valence-corrected chi connectivity index (χ2v) is 6.02. The maximum absolute atomic E-state index is 5.99. The van der Waals surface area contributed by atoms with E-state index in [2.05, 4.69) is 24.1 Å². The van der Waals surface area contributed by atoms with E-state index in [-0.39, 0.29) is 0 Å². The summed E-state index contributed by atoms with van der Waals surface area (Å²) >= 11 is 0. The molecule has 18 heavy (non-hydrogen) atoms. The van der Waals surface area contributed by atoms with E-state index in [4.69, 9.17) is 4.74 Å². The molecule has 0 aromatic rings. The first-order valence-electron chi connectivity index (χ1n) is 7.88. The summed E-state index contributed by atoms with van der Waals surface area (Å²) in [6, 6.07) is 1.35. The van der Waals surface area contributed by atoms with E-state index in [0.29, 0.717) is 18.2 Å². The molecule has 1 aliphatic carbocycles. The molecule has 1 saturated heterocycles. The molecule has 0 aromatic carbocycles. The lowest BCUT2D eigenvalue weighted by Crippen LogP contribution is -2.56. The minimum absolute atomic E-state index is 0.565. The van der Waals surface area contributed by atoms with Crippen LogP contribution in [-0.2, 0) is 4.74 Å². The van der Waals surface area contributed by atoms with Crippen molar-refractivity contribution in [1.29, 1.82) is 0 Å². The molecule has 1 aliphatic heterocycles. The van der Waals surface area contributed by atoms with Gasteiger partial charge in [-0.2, -0.15) is 0 Å². The van der Waals surface area contributed by atoms with Gasteiger partial charge in [-0.25, -0.2) is 0 Å². The molecule has 2 aliphatic rings. The molecule has 0 radical (unpaired) electrons. The van der Waals surface area contributed by atoms with Crippen LogP contribution in [0.3, 0.4) is 0 Å². The van der Waals surface area contributed by atoms with E-state index in [0.717, 1.165) is 19.7 Å². The van der Waals surface area contributed by atoms with Crippen LogP contribution >= 0.6 is 0 Å². The zero-order valence-electron chi connectivity index (χ0n) is 12.2. The van der Waals surface area contributed by atoms with Crippen LogP contribution in [0.4, 0.5) is 0 Å². The number of nitrogens with one attached hydrogen (secondary N) is 1. The van der Waals surface area contributed by atoms with Crippen molar-refractivity contribution in [3.63, 3.8) is 0 Å². The van der Waals surface area contributed by atoms with Gasteiger partial charge >= 0.3 is 0 Å². The standard InChI is InChI=1S/C15H30N2O/c1-3-6-14-12-17(13(2)11-16-14)9-10-18-15-7-4-5-8-15/h13-16H,3-12H2,1-2H3. The summed E-state index contributed by atoms with van der Waals surface area (Å²) in [5.74, 6) is 0. The predicted molar refractivity (Wildman–Crippen MR) is 75.9 cm³/mol. The molecule has 106 valence electrons. The Hall–Kier alpha value is -0.120. The molecule has 0 spiro atoms. The molecule has 2 fully saturated rings. The Morgan fingerprint density at radius 3 is 2.78 bits per heavy atom. The summed E-state index contributed by atoms with van der Waals surface area (Å²) in [6.45, 7) is 8.96. The van der Waals surface area contributed by atoms with Crippen molar-refractivity contribution in [1.82, 2.24) is 10.2 Å². The van der Waals surface area contributed by atoms with Crippen molar-refractivity contribution in [2.24, 2.45) is 0 Å². The van der Waals surface area contributed by atoms with Gasteiger partial charge in [0, 0.05) is 31.7 Å². The molecule has 3 nitrogen and oxygen atoms in total. The van der Waals surface area contributed by atoms with Crippen LogP contribution < -0.4 is 5.32 Å². The predicted octanol–water partition coefficient (Wildman–Crippen LogP) is 2.41. The number of hydrogen-bond donors (Lipinski definition) is 1. The monoisotopic (exact) mass is 254 g/mol. The molecule has 0 amide bonds. The second kappa shape index (κ2) is 7.46. The zero-order chi connectivity index (χ0) is 12.8. The van der Waals surface area contributed by atoms with E-state index in [1.165, 1.54) is 45.1 Å². The van der Waals surface area contributed by atoms with Crippen molar-refractivity contribution < 1.29 is 4.74 Å². The van der Waals surface area contributed by atoms with Gasteiger partial charge in [-0.05, 0) is 26.2 Å². The number of piperazine rings is 1. The number of ether oxygens (including phenoxy) is 1. The van der Waals surface area contributed by atoms with Crippen LogP contribution in [-0.4, -0.2) is 49.3 Å². The molecule has 2 unspecified atom stereocenters. The highest BCUT2D eigenvalue weighted by molar-refractivity contribution is 4.83. The van der Waals surface area contributed by atoms with Gasteiger partial charge in [0.1, 0.15) is 0 Å². The summed E-state index contributed by atoms with van der Waals surface area (Å²) in [5, 5.41) is 3.65. The summed E-state index contributed by atoms with van der Waals surface area (Å²) in [4.78, 5) is 2.60. The number of rotatable bonds is 6. The fourth-order valence-electron chi connectivity index (χ4n) is 3.24. The average molecular weight is 254 g/mol. The van der Waals surface area contributed by atoms with Crippen LogP contribution in [0.2, 0.25) is 0 Å². The molecule has 3 heteroatoms. The highest BCUT2D eigenvalue weighted by Crippen LogP contribution is 2.21. The molecular formula is C15H30N2O. The maximum atomic E-state index is 5.99. The summed E-state index contributed by atoms with van der Waals surface area (Å²) in [7, 11) is 0. The largest absolute Gasteiger partial charge is 0.377 e. The fourth-order valence-corrected chi connectivity index (χ4v) is 3.24. The Balaban J connectivity index is 1.65. The normalized spacial score (nSPS) is 31.0. The lowest BCUT2D eigenvalue weighted by Gasteiger charge is -2.39. The van der Waals surface area contributed by atoms with Crippen LogP contribution in [0.25, 0.3) is 0 Å². The fraction of sp³-hybridized carbons (Fsp3) is 1.00. The minimum Gasteiger partial charge on any atom is -0.377 e. The molecule has 2 rings (SSSR count). The molecule has 0 bridgehead atoms. The first-order valence-corrected chi connectivity index (χ1v) is 7.88.